The first-order chi connectivity index (χ1) is 15.9. The van der Waals surface area contributed by atoms with E-state index in [1.165, 1.54) is 6.07 Å². The van der Waals surface area contributed by atoms with Gasteiger partial charge in [-0.3, -0.25) is 9.98 Å². The molecule has 2 saturated carbocycles. The quantitative estimate of drug-likeness (QED) is 0.291. The van der Waals surface area contributed by atoms with Gasteiger partial charge in [-0.25, -0.2) is 17.6 Å². The Morgan fingerprint density at radius 1 is 1.06 bits per heavy atom. The molecule has 4 rings (SSSR count). The maximum atomic E-state index is 13.5. The van der Waals surface area contributed by atoms with Crippen molar-refractivity contribution in [2.45, 2.75) is 81.3 Å². The third-order valence-electron chi connectivity index (χ3n) is 6.21. The van der Waals surface area contributed by atoms with E-state index >= 15 is 0 Å². The van der Waals surface area contributed by atoms with E-state index in [2.05, 4.69) is 9.98 Å². The zero-order valence-electron chi connectivity index (χ0n) is 18.8. The molecule has 7 unspecified atom stereocenters. The van der Waals surface area contributed by atoms with E-state index in [4.69, 9.17) is 31.4 Å². The normalized spacial score (nSPS) is 33.9. The van der Waals surface area contributed by atoms with Crippen LogP contribution in [0.15, 0.2) is 28.2 Å². The third kappa shape index (κ3) is 5.35. The third-order valence-corrected chi connectivity index (χ3v) is 6.21. The molecule has 8 nitrogen and oxygen atoms in total. The smallest absolute Gasteiger partial charge is 0.261 e. The SMILES string of the molecule is CC1(C)OC2C(N=C(N)C(N)C(N)=NC3CC3c3ccc(F)c(F)c3)CC(OCC(F)F)C2O1. The Bertz CT molecular complexity index is 976. The molecular formula is C22H29F4N5O3. The van der Waals surface area contributed by atoms with Crippen LogP contribution in [0.2, 0.25) is 0 Å². The number of fused-ring (bicyclic) bond motifs is 1. The molecule has 0 bridgehead atoms. The summed E-state index contributed by atoms with van der Waals surface area (Å²) in [6, 6.07) is 2.01. The molecule has 34 heavy (non-hydrogen) atoms. The van der Waals surface area contributed by atoms with Crippen LogP contribution in [0.4, 0.5) is 17.6 Å². The van der Waals surface area contributed by atoms with Gasteiger partial charge in [0.25, 0.3) is 6.43 Å². The fourth-order valence-corrected chi connectivity index (χ4v) is 4.51. The van der Waals surface area contributed by atoms with Crippen LogP contribution in [0.1, 0.15) is 38.2 Å². The van der Waals surface area contributed by atoms with Gasteiger partial charge >= 0.3 is 0 Å². The van der Waals surface area contributed by atoms with E-state index in [1.807, 2.05) is 0 Å². The molecule has 7 atom stereocenters. The van der Waals surface area contributed by atoms with E-state index in [9.17, 15) is 17.6 Å². The zero-order chi connectivity index (χ0) is 24.8. The van der Waals surface area contributed by atoms with Crippen LogP contribution in [-0.2, 0) is 14.2 Å². The van der Waals surface area contributed by atoms with Gasteiger partial charge in [0.1, 0.15) is 36.5 Å². The standard InChI is InChI=1S/C22H29F4N5O3/c1-22(2)33-18-14(7-15(19(18)34-22)32-8-16(25)26)31-21(29)17(27)20(28)30-13-6-10(13)9-3-4-11(23)12(24)5-9/h3-5,10,13-19H,6-8,27H2,1-2H3,(H2,28,30)(H2,29,31). The molecule has 0 amide bonds. The van der Waals surface area contributed by atoms with Gasteiger partial charge < -0.3 is 31.4 Å². The minimum atomic E-state index is -2.61. The number of aliphatic imine (C=N–C) groups is 2. The lowest BCUT2D eigenvalue weighted by Crippen LogP contribution is -2.48. The van der Waals surface area contributed by atoms with E-state index in [1.54, 1.807) is 13.8 Å². The molecule has 1 aliphatic heterocycles. The van der Waals surface area contributed by atoms with Crippen molar-refractivity contribution in [3.63, 3.8) is 0 Å². The molecule has 1 saturated heterocycles. The van der Waals surface area contributed by atoms with Crippen molar-refractivity contribution >= 4 is 11.7 Å². The largest absolute Gasteiger partial charge is 0.386 e. The summed E-state index contributed by atoms with van der Waals surface area (Å²) in [6.07, 6.45) is -3.46. The summed E-state index contributed by atoms with van der Waals surface area (Å²) < 4.78 is 69.0. The highest BCUT2D eigenvalue weighted by Crippen LogP contribution is 2.44. The minimum absolute atomic E-state index is 0.0119. The first-order valence-electron chi connectivity index (χ1n) is 11.1. The summed E-state index contributed by atoms with van der Waals surface area (Å²) in [5, 5.41) is 0. The molecule has 1 aromatic carbocycles. The first-order valence-corrected chi connectivity index (χ1v) is 11.1. The van der Waals surface area contributed by atoms with Crippen molar-refractivity contribution in [3.8, 4) is 0 Å². The lowest BCUT2D eigenvalue weighted by atomic mass is 10.1. The lowest BCUT2D eigenvalue weighted by molar-refractivity contribution is -0.170. The van der Waals surface area contributed by atoms with Crippen LogP contribution < -0.4 is 17.2 Å². The highest BCUT2D eigenvalue weighted by molar-refractivity contribution is 6.08. The molecule has 6 N–H and O–H groups in total. The van der Waals surface area contributed by atoms with Gasteiger partial charge in [-0.05, 0) is 38.0 Å². The second-order valence-corrected chi connectivity index (χ2v) is 9.30. The number of halogens is 4. The van der Waals surface area contributed by atoms with E-state index in [0.29, 0.717) is 12.0 Å². The summed E-state index contributed by atoms with van der Waals surface area (Å²) >= 11 is 0. The predicted molar refractivity (Wildman–Crippen MR) is 117 cm³/mol. The van der Waals surface area contributed by atoms with Crippen molar-refractivity contribution in [1.29, 1.82) is 0 Å². The molecule has 188 valence electrons. The molecule has 1 heterocycles. The van der Waals surface area contributed by atoms with Crippen LogP contribution in [0.25, 0.3) is 0 Å². The summed E-state index contributed by atoms with van der Waals surface area (Å²) in [5.41, 5.74) is 18.9. The predicted octanol–water partition coefficient (Wildman–Crippen LogP) is 1.81. The van der Waals surface area contributed by atoms with Crippen LogP contribution in [0.5, 0.6) is 0 Å². The van der Waals surface area contributed by atoms with Crippen molar-refractivity contribution in [2.75, 3.05) is 6.61 Å². The topological polar surface area (TPSA) is 130 Å². The number of rotatable bonds is 8. The maximum Gasteiger partial charge on any atom is 0.261 e. The molecule has 12 heteroatoms. The number of nitrogens with two attached hydrogens (primary N) is 3. The highest BCUT2D eigenvalue weighted by Gasteiger charge is 2.55. The Labute approximate surface area is 194 Å². The number of hydrogen-bond donors (Lipinski definition) is 3. The number of benzene rings is 1. The summed E-state index contributed by atoms with van der Waals surface area (Å²) in [4.78, 5) is 8.83. The average molecular weight is 487 g/mol. The fourth-order valence-electron chi connectivity index (χ4n) is 4.51. The molecule has 1 aromatic rings. The Morgan fingerprint density at radius 2 is 1.71 bits per heavy atom. The fraction of sp³-hybridized carbons (Fsp3) is 0.636. The Balaban J connectivity index is 1.42. The number of alkyl halides is 2. The van der Waals surface area contributed by atoms with Gasteiger partial charge in [0.2, 0.25) is 0 Å². The van der Waals surface area contributed by atoms with E-state index < -0.39 is 60.8 Å². The van der Waals surface area contributed by atoms with Gasteiger partial charge in [0.15, 0.2) is 17.4 Å². The summed E-state index contributed by atoms with van der Waals surface area (Å²) in [5.74, 6) is -2.77. The van der Waals surface area contributed by atoms with Gasteiger partial charge in [-0.2, -0.15) is 0 Å². The van der Waals surface area contributed by atoms with Crippen molar-refractivity contribution in [1.82, 2.24) is 0 Å². The maximum absolute atomic E-state index is 13.5. The molecule has 0 radical (unpaired) electrons. The molecule has 2 aliphatic carbocycles. The molecule has 3 fully saturated rings. The van der Waals surface area contributed by atoms with Crippen LogP contribution >= 0.6 is 0 Å². The van der Waals surface area contributed by atoms with E-state index in [0.717, 1.165) is 12.1 Å². The monoisotopic (exact) mass is 487 g/mol. The van der Waals surface area contributed by atoms with Gasteiger partial charge in [-0.15, -0.1) is 0 Å². The average Bonchev–Trinajstić information content (AvgIpc) is 3.35. The van der Waals surface area contributed by atoms with Crippen LogP contribution in [0.3, 0.4) is 0 Å². The van der Waals surface area contributed by atoms with Gasteiger partial charge in [0, 0.05) is 12.3 Å². The second-order valence-electron chi connectivity index (χ2n) is 9.30. The number of nitrogens with zero attached hydrogens (tertiary/aromatic N) is 2. The van der Waals surface area contributed by atoms with Crippen LogP contribution in [-0.4, -0.2) is 66.9 Å². The first kappa shape index (κ1) is 24.8. The molecule has 0 spiro atoms. The number of amidine groups is 2. The van der Waals surface area contributed by atoms with Crippen molar-refractivity contribution in [2.24, 2.45) is 27.2 Å². The Morgan fingerprint density at radius 3 is 2.35 bits per heavy atom. The van der Waals surface area contributed by atoms with E-state index in [-0.39, 0.29) is 30.1 Å². The Kier molecular flexibility index (Phi) is 6.87. The Hall–Kier alpha value is -2.28. The highest BCUT2D eigenvalue weighted by atomic mass is 19.3. The van der Waals surface area contributed by atoms with Crippen molar-refractivity contribution < 1.29 is 31.8 Å². The van der Waals surface area contributed by atoms with Crippen molar-refractivity contribution in [3.05, 3.63) is 35.4 Å². The van der Waals surface area contributed by atoms with Gasteiger partial charge in [-0.1, -0.05) is 6.07 Å². The molecule has 0 aromatic heterocycles. The zero-order valence-corrected chi connectivity index (χ0v) is 18.8. The summed E-state index contributed by atoms with van der Waals surface area (Å²) in [7, 11) is 0. The van der Waals surface area contributed by atoms with Crippen LogP contribution in [0, 0.1) is 11.6 Å². The number of hydrogen-bond acceptors (Lipinski definition) is 6. The van der Waals surface area contributed by atoms with Gasteiger partial charge in [0.05, 0.1) is 18.2 Å². The summed E-state index contributed by atoms with van der Waals surface area (Å²) in [6.45, 7) is 2.72. The number of ether oxygens (including phenoxy) is 3. The minimum Gasteiger partial charge on any atom is -0.386 e. The molecular weight excluding hydrogens is 458 g/mol. The second kappa shape index (κ2) is 9.40. The lowest BCUT2D eigenvalue weighted by Gasteiger charge is -2.23. The molecule has 3 aliphatic rings.